The van der Waals surface area contributed by atoms with E-state index < -0.39 is 0 Å². The Bertz CT molecular complexity index is 544. The lowest BCUT2D eigenvalue weighted by Gasteiger charge is -2.22. The van der Waals surface area contributed by atoms with Crippen LogP contribution in [0.5, 0.6) is 0 Å². The summed E-state index contributed by atoms with van der Waals surface area (Å²) in [5.41, 5.74) is 3.19. The quantitative estimate of drug-likeness (QED) is 0.519. The summed E-state index contributed by atoms with van der Waals surface area (Å²) < 4.78 is 1.76. The fourth-order valence-corrected chi connectivity index (χ4v) is 2.67. The van der Waals surface area contributed by atoms with Crippen molar-refractivity contribution in [3.05, 3.63) is 44.8 Å². The lowest BCUT2D eigenvalue weighted by Crippen LogP contribution is -2.21. The number of rotatable bonds is 0. The second-order valence-corrected chi connectivity index (χ2v) is 5.42. The van der Waals surface area contributed by atoms with Gasteiger partial charge in [-0.25, -0.2) is 9.98 Å². The number of fused-ring (bicyclic) bond motifs is 3. The maximum atomic E-state index is 4.55. The molecule has 0 saturated heterocycles. The molecule has 0 bridgehead atoms. The van der Waals surface area contributed by atoms with E-state index in [2.05, 4.69) is 66.1 Å². The van der Waals surface area contributed by atoms with Gasteiger partial charge in [-0.1, -0.05) is 24.3 Å². The molecule has 0 fully saturated rings. The molecule has 0 amide bonds. The molecule has 2 nitrogen and oxygen atoms in total. The number of hydrogen-bond acceptors (Lipinski definition) is 2. The van der Waals surface area contributed by atoms with Crippen LogP contribution in [0.25, 0.3) is 6.08 Å². The van der Waals surface area contributed by atoms with Crippen LogP contribution in [0, 0.1) is 5.92 Å². The summed E-state index contributed by atoms with van der Waals surface area (Å²) in [6.07, 6.45) is 7.42. The van der Waals surface area contributed by atoms with Crippen molar-refractivity contribution in [1.29, 1.82) is 0 Å². The van der Waals surface area contributed by atoms with Crippen LogP contribution in [0.4, 0.5) is 0 Å². The molecule has 3 rings (SSSR count). The van der Waals surface area contributed by atoms with Crippen LogP contribution in [0.3, 0.4) is 0 Å². The largest absolute Gasteiger partial charge is 0.243 e. The normalized spacial score (nSPS) is 22.0. The first-order valence-electron chi connectivity index (χ1n) is 5.03. The first-order valence-corrected chi connectivity index (χ1v) is 6.62. The Balaban J connectivity index is 2.20. The van der Waals surface area contributed by atoms with E-state index >= 15 is 0 Å². The van der Waals surface area contributed by atoms with E-state index in [0.717, 1.165) is 32.6 Å². The van der Waals surface area contributed by atoms with Crippen molar-refractivity contribution in [1.82, 2.24) is 4.98 Å². The summed E-state index contributed by atoms with van der Waals surface area (Å²) in [7, 11) is 0. The number of aliphatic imine (C=N–C) groups is 1. The molecule has 1 aliphatic carbocycles. The van der Waals surface area contributed by atoms with Gasteiger partial charge in [0.15, 0.2) is 0 Å². The highest BCUT2D eigenvalue weighted by molar-refractivity contribution is 9.11. The Kier molecular flexibility index (Phi) is 2.56. The van der Waals surface area contributed by atoms with E-state index in [0.29, 0.717) is 5.92 Å². The third kappa shape index (κ3) is 1.70. The number of pyridine rings is 1. The lowest BCUT2D eigenvalue weighted by atomic mass is 9.88. The molecular formula is C12H8Br2N2. The van der Waals surface area contributed by atoms with Crippen molar-refractivity contribution >= 4 is 43.6 Å². The number of allylic oxidation sites excluding steroid dienone is 2. The van der Waals surface area contributed by atoms with Gasteiger partial charge in [0.1, 0.15) is 9.21 Å². The molecule has 80 valence electrons. The van der Waals surface area contributed by atoms with Crippen molar-refractivity contribution < 1.29 is 0 Å². The van der Waals surface area contributed by atoms with Gasteiger partial charge >= 0.3 is 0 Å². The molecule has 1 aromatic heterocycles. The van der Waals surface area contributed by atoms with E-state index in [-0.39, 0.29) is 0 Å². The maximum absolute atomic E-state index is 4.55. The van der Waals surface area contributed by atoms with Crippen molar-refractivity contribution in [2.24, 2.45) is 10.9 Å². The smallest absolute Gasteiger partial charge is 0.106 e. The van der Waals surface area contributed by atoms with E-state index in [9.17, 15) is 0 Å². The van der Waals surface area contributed by atoms with Gasteiger partial charge in [-0.3, -0.25) is 0 Å². The van der Waals surface area contributed by atoms with E-state index in [1.165, 1.54) is 0 Å². The Hall–Kier alpha value is -0.740. The van der Waals surface area contributed by atoms with Crippen LogP contribution < -0.4 is 0 Å². The van der Waals surface area contributed by atoms with Gasteiger partial charge < -0.3 is 0 Å². The van der Waals surface area contributed by atoms with Crippen molar-refractivity contribution in [3.8, 4) is 0 Å². The maximum Gasteiger partial charge on any atom is 0.106 e. The summed E-state index contributed by atoms with van der Waals surface area (Å²) in [5, 5.41) is 0. The molecule has 0 N–H and O–H groups in total. The average Bonchev–Trinajstić information content (AvgIpc) is 2.29. The highest BCUT2D eigenvalue weighted by Gasteiger charge is 2.24. The lowest BCUT2D eigenvalue weighted by molar-refractivity contribution is 0.851. The third-order valence-electron chi connectivity index (χ3n) is 2.76. The zero-order valence-electron chi connectivity index (χ0n) is 8.32. The van der Waals surface area contributed by atoms with Crippen LogP contribution in [-0.4, -0.2) is 10.7 Å². The molecule has 0 spiro atoms. The molecule has 1 atom stereocenters. The molecule has 2 aliphatic rings. The zero-order chi connectivity index (χ0) is 11.1. The molecule has 1 aromatic rings. The highest BCUT2D eigenvalue weighted by atomic mass is 79.9. The molecule has 4 heteroatoms. The fourth-order valence-electron chi connectivity index (χ4n) is 1.98. The molecule has 2 heterocycles. The van der Waals surface area contributed by atoms with Gasteiger partial charge in [-0.05, 0) is 44.3 Å². The van der Waals surface area contributed by atoms with Crippen LogP contribution in [0.15, 0.2) is 38.5 Å². The van der Waals surface area contributed by atoms with Crippen LogP contribution in [-0.2, 0) is 0 Å². The Morgan fingerprint density at radius 2 is 2.12 bits per heavy atom. The SMILES string of the molecule is BrC1=CCC2C=Cc3ccc(Br)nc3C2=N1. The minimum atomic E-state index is 0.371. The first kappa shape index (κ1) is 10.4. The van der Waals surface area contributed by atoms with E-state index in [4.69, 9.17) is 0 Å². The van der Waals surface area contributed by atoms with Gasteiger partial charge in [0.25, 0.3) is 0 Å². The summed E-state index contributed by atoms with van der Waals surface area (Å²) >= 11 is 6.84. The average molecular weight is 340 g/mol. The van der Waals surface area contributed by atoms with Crippen molar-refractivity contribution in [3.63, 3.8) is 0 Å². The van der Waals surface area contributed by atoms with Crippen molar-refractivity contribution in [2.75, 3.05) is 0 Å². The van der Waals surface area contributed by atoms with Crippen LogP contribution in [0.1, 0.15) is 17.7 Å². The molecule has 0 aromatic carbocycles. The number of nitrogens with zero attached hydrogens (tertiary/aromatic N) is 2. The van der Waals surface area contributed by atoms with Gasteiger partial charge in [-0.2, -0.15) is 0 Å². The third-order valence-corrected chi connectivity index (χ3v) is 3.70. The van der Waals surface area contributed by atoms with Gasteiger partial charge in [0.2, 0.25) is 0 Å². The van der Waals surface area contributed by atoms with E-state index in [1.54, 1.807) is 0 Å². The second kappa shape index (κ2) is 3.93. The molecule has 0 radical (unpaired) electrons. The Labute approximate surface area is 110 Å². The molecule has 1 unspecified atom stereocenters. The Morgan fingerprint density at radius 1 is 1.25 bits per heavy atom. The number of hydrogen-bond donors (Lipinski definition) is 0. The molecule has 1 aliphatic heterocycles. The minimum Gasteiger partial charge on any atom is -0.243 e. The molecule has 0 saturated carbocycles. The van der Waals surface area contributed by atoms with Gasteiger partial charge in [0.05, 0.1) is 11.4 Å². The summed E-state index contributed by atoms with van der Waals surface area (Å²) in [6, 6.07) is 4.02. The standard InChI is InChI=1S/C12H8Br2N2/c13-9-5-3-7-1-2-8-4-6-10(14)16-12(8)11(7)15-9/h1-3,5-6,8H,4H2. The topological polar surface area (TPSA) is 25.2 Å². The van der Waals surface area contributed by atoms with Gasteiger partial charge in [-0.15, -0.1) is 0 Å². The summed E-state index contributed by atoms with van der Waals surface area (Å²) in [6.45, 7) is 0. The zero-order valence-corrected chi connectivity index (χ0v) is 11.5. The molecular weight excluding hydrogens is 332 g/mol. The number of aromatic nitrogens is 1. The summed E-state index contributed by atoms with van der Waals surface area (Å²) in [5.74, 6) is 0.371. The monoisotopic (exact) mass is 338 g/mol. The fraction of sp³-hybridized carbons (Fsp3) is 0.167. The van der Waals surface area contributed by atoms with Crippen LogP contribution in [0.2, 0.25) is 0 Å². The summed E-state index contributed by atoms with van der Waals surface area (Å²) in [4.78, 5) is 9.07. The van der Waals surface area contributed by atoms with E-state index in [1.807, 2.05) is 6.07 Å². The molecule has 16 heavy (non-hydrogen) atoms. The second-order valence-electron chi connectivity index (χ2n) is 3.80. The number of halogens is 2. The first-order chi connectivity index (χ1) is 7.74. The predicted octanol–water partition coefficient (Wildman–Crippen LogP) is 3.92. The Morgan fingerprint density at radius 3 is 3.00 bits per heavy atom. The van der Waals surface area contributed by atoms with Crippen LogP contribution >= 0.6 is 31.9 Å². The van der Waals surface area contributed by atoms with Crippen molar-refractivity contribution in [2.45, 2.75) is 6.42 Å². The predicted molar refractivity (Wildman–Crippen MR) is 72.6 cm³/mol. The highest BCUT2D eigenvalue weighted by Crippen LogP contribution is 2.31. The minimum absolute atomic E-state index is 0.371. The van der Waals surface area contributed by atoms with Gasteiger partial charge in [0, 0.05) is 11.5 Å².